The highest BCUT2D eigenvalue weighted by molar-refractivity contribution is 7.09. The van der Waals surface area contributed by atoms with Gasteiger partial charge < -0.3 is 5.32 Å². The summed E-state index contributed by atoms with van der Waals surface area (Å²) in [5.41, 5.74) is 1.25. The predicted octanol–water partition coefficient (Wildman–Crippen LogP) is 3.95. The molecule has 0 spiro atoms. The minimum Gasteiger partial charge on any atom is -0.351 e. The van der Waals surface area contributed by atoms with Crippen molar-refractivity contribution in [3.05, 3.63) is 58.3 Å². The average Bonchev–Trinajstić information content (AvgIpc) is 2.97. The van der Waals surface area contributed by atoms with Crippen molar-refractivity contribution in [1.29, 1.82) is 0 Å². The molecule has 1 aromatic heterocycles. The maximum Gasteiger partial charge on any atom is 0.220 e. The second-order valence-corrected chi connectivity index (χ2v) is 5.61. The van der Waals surface area contributed by atoms with E-state index in [1.807, 2.05) is 35.7 Å². The second-order valence-electron chi connectivity index (χ2n) is 4.58. The topological polar surface area (TPSA) is 29.1 Å². The van der Waals surface area contributed by atoms with Crippen molar-refractivity contribution in [3.8, 4) is 0 Å². The monoisotopic (exact) mass is 273 g/mol. The van der Waals surface area contributed by atoms with Gasteiger partial charge in [-0.2, -0.15) is 0 Å². The standard InChI is InChI=1S/C16H19NOS/c1-2-13(14-7-4-3-5-8-14)11-16(18)17-12-15-9-6-10-19-15/h3-10,13H,2,11-12H2,1H3,(H,17,18). The van der Waals surface area contributed by atoms with E-state index in [0.717, 1.165) is 6.42 Å². The van der Waals surface area contributed by atoms with Gasteiger partial charge in [0.2, 0.25) is 5.91 Å². The Bertz CT molecular complexity index is 493. The summed E-state index contributed by atoms with van der Waals surface area (Å²) in [6, 6.07) is 14.3. The van der Waals surface area contributed by atoms with Gasteiger partial charge in [0.05, 0.1) is 6.54 Å². The average molecular weight is 273 g/mol. The molecule has 2 aromatic rings. The molecule has 0 saturated carbocycles. The quantitative estimate of drug-likeness (QED) is 0.848. The van der Waals surface area contributed by atoms with E-state index < -0.39 is 0 Å². The normalized spacial score (nSPS) is 12.1. The first-order valence-corrected chi connectivity index (χ1v) is 7.51. The first-order chi connectivity index (χ1) is 9.29. The van der Waals surface area contributed by atoms with Crippen molar-refractivity contribution >= 4 is 17.2 Å². The number of carbonyl (C=O) groups is 1. The van der Waals surface area contributed by atoms with Crippen LogP contribution in [0.15, 0.2) is 47.8 Å². The van der Waals surface area contributed by atoms with Gasteiger partial charge in [0.1, 0.15) is 0 Å². The minimum absolute atomic E-state index is 0.129. The third kappa shape index (κ3) is 4.21. The Labute approximate surface area is 118 Å². The zero-order valence-electron chi connectivity index (χ0n) is 11.1. The van der Waals surface area contributed by atoms with E-state index in [1.165, 1.54) is 10.4 Å². The summed E-state index contributed by atoms with van der Waals surface area (Å²) in [6.45, 7) is 2.77. The molecule has 1 unspecified atom stereocenters. The SMILES string of the molecule is CCC(CC(=O)NCc1cccs1)c1ccccc1. The van der Waals surface area contributed by atoms with Gasteiger partial charge in [-0.1, -0.05) is 43.3 Å². The van der Waals surface area contributed by atoms with Crippen molar-refractivity contribution < 1.29 is 4.79 Å². The van der Waals surface area contributed by atoms with Crippen molar-refractivity contribution in [2.45, 2.75) is 32.2 Å². The molecule has 3 heteroatoms. The van der Waals surface area contributed by atoms with Crippen molar-refractivity contribution in [2.24, 2.45) is 0 Å². The molecule has 0 aliphatic rings. The van der Waals surface area contributed by atoms with Crippen molar-refractivity contribution in [3.63, 3.8) is 0 Å². The molecule has 19 heavy (non-hydrogen) atoms. The molecule has 2 nitrogen and oxygen atoms in total. The highest BCUT2D eigenvalue weighted by Gasteiger charge is 2.13. The maximum atomic E-state index is 12.0. The summed E-state index contributed by atoms with van der Waals surface area (Å²) in [6.07, 6.45) is 1.54. The summed E-state index contributed by atoms with van der Waals surface area (Å²) in [5, 5.41) is 5.02. The Hall–Kier alpha value is -1.61. The number of hydrogen-bond donors (Lipinski definition) is 1. The third-order valence-corrected chi connectivity index (χ3v) is 4.11. The number of benzene rings is 1. The van der Waals surface area contributed by atoms with E-state index in [9.17, 15) is 4.79 Å². The van der Waals surface area contributed by atoms with Crippen LogP contribution in [0.4, 0.5) is 0 Å². The fourth-order valence-corrected chi connectivity index (χ4v) is 2.76. The Morgan fingerprint density at radius 3 is 2.63 bits per heavy atom. The molecule has 0 fully saturated rings. The molecular formula is C16H19NOS. The highest BCUT2D eigenvalue weighted by atomic mass is 32.1. The lowest BCUT2D eigenvalue weighted by Crippen LogP contribution is -2.24. The van der Waals surface area contributed by atoms with Gasteiger partial charge in [0.25, 0.3) is 0 Å². The van der Waals surface area contributed by atoms with Crippen LogP contribution in [-0.2, 0) is 11.3 Å². The van der Waals surface area contributed by atoms with Crippen LogP contribution >= 0.6 is 11.3 Å². The second kappa shape index (κ2) is 7.10. The van der Waals surface area contributed by atoms with Crippen LogP contribution in [0.1, 0.15) is 36.1 Å². The van der Waals surface area contributed by atoms with E-state index in [2.05, 4.69) is 24.4 Å². The molecule has 0 aliphatic heterocycles. The molecule has 1 heterocycles. The minimum atomic E-state index is 0.129. The number of nitrogens with one attached hydrogen (secondary N) is 1. The number of rotatable bonds is 6. The van der Waals surface area contributed by atoms with Crippen LogP contribution in [0.5, 0.6) is 0 Å². The van der Waals surface area contributed by atoms with E-state index >= 15 is 0 Å². The van der Waals surface area contributed by atoms with Crippen LogP contribution in [0.3, 0.4) is 0 Å². The first kappa shape index (κ1) is 13.8. The Balaban J connectivity index is 1.86. The van der Waals surface area contributed by atoms with E-state index in [-0.39, 0.29) is 5.91 Å². The fourth-order valence-electron chi connectivity index (χ4n) is 2.12. The first-order valence-electron chi connectivity index (χ1n) is 6.63. The van der Waals surface area contributed by atoms with Gasteiger partial charge in [-0.25, -0.2) is 0 Å². The molecule has 1 amide bonds. The molecule has 0 saturated heterocycles. The van der Waals surface area contributed by atoms with Crippen molar-refractivity contribution in [1.82, 2.24) is 5.32 Å². The molecule has 0 radical (unpaired) electrons. The third-order valence-electron chi connectivity index (χ3n) is 3.24. The lowest BCUT2D eigenvalue weighted by Gasteiger charge is -2.14. The van der Waals surface area contributed by atoms with Crippen molar-refractivity contribution in [2.75, 3.05) is 0 Å². The number of amides is 1. The number of thiophene rings is 1. The molecular weight excluding hydrogens is 254 g/mol. The molecule has 100 valence electrons. The molecule has 0 aliphatic carbocycles. The van der Waals surface area contributed by atoms with E-state index in [1.54, 1.807) is 11.3 Å². The van der Waals surface area contributed by atoms with Crippen LogP contribution < -0.4 is 5.32 Å². The smallest absolute Gasteiger partial charge is 0.220 e. The molecule has 2 rings (SSSR count). The van der Waals surface area contributed by atoms with E-state index in [4.69, 9.17) is 0 Å². The van der Waals surface area contributed by atoms with Gasteiger partial charge in [-0.05, 0) is 29.3 Å². The summed E-state index contributed by atoms with van der Waals surface area (Å²) in [5.74, 6) is 0.439. The maximum absolute atomic E-state index is 12.0. The predicted molar refractivity (Wildman–Crippen MR) is 80.3 cm³/mol. The Morgan fingerprint density at radius 1 is 1.21 bits per heavy atom. The summed E-state index contributed by atoms with van der Waals surface area (Å²) in [7, 11) is 0. The summed E-state index contributed by atoms with van der Waals surface area (Å²) >= 11 is 1.67. The Kier molecular flexibility index (Phi) is 5.16. The molecule has 1 N–H and O–H groups in total. The molecule has 1 aromatic carbocycles. The lowest BCUT2D eigenvalue weighted by molar-refractivity contribution is -0.121. The van der Waals surface area contributed by atoms with Crippen LogP contribution in [0.25, 0.3) is 0 Å². The van der Waals surface area contributed by atoms with E-state index in [0.29, 0.717) is 18.9 Å². The Morgan fingerprint density at radius 2 is 2.00 bits per heavy atom. The number of carbonyl (C=O) groups excluding carboxylic acids is 1. The van der Waals surface area contributed by atoms with Gasteiger partial charge in [-0.3, -0.25) is 4.79 Å². The van der Waals surface area contributed by atoms with Gasteiger partial charge in [0.15, 0.2) is 0 Å². The number of hydrogen-bond acceptors (Lipinski definition) is 2. The highest BCUT2D eigenvalue weighted by Crippen LogP contribution is 2.22. The summed E-state index contributed by atoms with van der Waals surface area (Å²) in [4.78, 5) is 13.2. The lowest BCUT2D eigenvalue weighted by atomic mass is 9.93. The van der Waals surface area contributed by atoms with Gasteiger partial charge >= 0.3 is 0 Å². The van der Waals surface area contributed by atoms with Crippen LogP contribution in [-0.4, -0.2) is 5.91 Å². The summed E-state index contributed by atoms with van der Waals surface area (Å²) < 4.78 is 0. The largest absolute Gasteiger partial charge is 0.351 e. The molecule has 1 atom stereocenters. The van der Waals surface area contributed by atoms with Crippen LogP contribution in [0, 0.1) is 0 Å². The zero-order chi connectivity index (χ0) is 13.5. The van der Waals surface area contributed by atoms with Crippen LogP contribution in [0.2, 0.25) is 0 Å². The van der Waals surface area contributed by atoms with Gasteiger partial charge in [-0.15, -0.1) is 11.3 Å². The molecule has 0 bridgehead atoms. The fraction of sp³-hybridized carbons (Fsp3) is 0.312. The van der Waals surface area contributed by atoms with Gasteiger partial charge in [0, 0.05) is 11.3 Å². The zero-order valence-corrected chi connectivity index (χ0v) is 12.0.